The number of carbonyl (C=O) groups is 2. The lowest BCUT2D eigenvalue weighted by Gasteiger charge is -2.18. The Hall–Kier alpha value is -3.02. The van der Waals surface area contributed by atoms with Gasteiger partial charge in [0.25, 0.3) is 5.91 Å². The quantitative estimate of drug-likeness (QED) is 0.730. The number of nitrogens with one attached hydrogen (secondary N) is 1. The third-order valence-corrected chi connectivity index (χ3v) is 3.66. The first-order valence-electron chi connectivity index (χ1n) is 8.46. The van der Waals surface area contributed by atoms with Gasteiger partial charge >= 0.3 is 5.97 Å². The second-order valence-electron chi connectivity index (χ2n) is 5.45. The molecule has 0 fully saturated rings. The average molecular weight is 357 g/mol. The minimum Gasteiger partial charge on any atom is -0.497 e. The lowest BCUT2D eigenvalue weighted by atomic mass is 10.1. The van der Waals surface area contributed by atoms with E-state index in [0.29, 0.717) is 29.2 Å². The molecule has 2 rings (SSSR count). The van der Waals surface area contributed by atoms with Crippen LogP contribution in [0, 0.1) is 0 Å². The van der Waals surface area contributed by atoms with E-state index in [1.807, 2.05) is 6.92 Å². The number of hydrogen-bond donors (Lipinski definition) is 1. The van der Waals surface area contributed by atoms with Crippen LogP contribution in [0.25, 0.3) is 0 Å². The van der Waals surface area contributed by atoms with Crippen molar-refractivity contribution in [2.45, 2.75) is 26.4 Å². The summed E-state index contributed by atoms with van der Waals surface area (Å²) in [5, 5.41) is 2.75. The molecule has 1 N–H and O–H groups in total. The fourth-order valence-corrected chi connectivity index (χ4v) is 2.35. The van der Waals surface area contributed by atoms with Crippen molar-refractivity contribution in [1.29, 1.82) is 0 Å². The molecule has 6 nitrogen and oxygen atoms in total. The SMILES string of the molecule is CCOC(=O)c1ccccc1NC(=O)C(CC)Oc1cccc(OC)c1. The Balaban J connectivity index is 2.13. The van der Waals surface area contributed by atoms with Gasteiger partial charge in [0.1, 0.15) is 11.5 Å². The number of hydrogen-bond acceptors (Lipinski definition) is 5. The second-order valence-corrected chi connectivity index (χ2v) is 5.45. The highest BCUT2D eigenvalue weighted by molar-refractivity contribution is 6.02. The number of benzene rings is 2. The van der Waals surface area contributed by atoms with Gasteiger partial charge in [-0.05, 0) is 37.6 Å². The number of carbonyl (C=O) groups excluding carboxylic acids is 2. The number of methoxy groups -OCH3 is 1. The predicted octanol–water partition coefficient (Wildman–Crippen LogP) is 3.67. The molecule has 0 aromatic heterocycles. The molecule has 0 bridgehead atoms. The molecule has 1 unspecified atom stereocenters. The zero-order chi connectivity index (χ0) is 18.9. The zero-order valence-corrected chi connectivity index (χ0v) is 15.2. The summed E-state index contributed by atoms with van der Waals surface area (Å²) in [6.07, 6.45) is -0.248. The largest absolute Gasteiger partial charge is 0.497 e. The van der Waals surface area contributed by atoms with Crippen LogP contribution in [-0.2, 0) is 9.53 Å². The summed E-state index contributed by atoms with van der Waals surface area (Å²) in [7, 11) is 1.56. The van der Waals surface area contributed by atoms with Crippen LogP contribution < -0.4 is 14.8 Å². The molecule has 0 aliphatic rings. The first-order chi connectivity index (χ1) is 12.6. The minimum atomic E-state index is -0.711. The number of amides is 1. The van der Waals surface area contributed by atoms with Crippen LogP contribution in [0.3, 0.4) is 0 Å². The van der Waals surface area contributed by atoms with Gasteiger partial charge in [-0.3, -0.25) is 4.79 Å². The van der Waals surface area contributed by atoms with E-state index in [-0.39, 0.29) is 12.5 Å². The molecule has 26 heavy (non-hydrogen) atoms. The van der Waals surface area contributed by atoms with Gasteiger partial charge in [0.2, 0.25) is 0 Å². The van der Waals surface area contributed by atoms with Crippen molar-refractivity contribution in [3.63, 3.8) is 0 Å². The van der Waals surface area contributed by atoms with E-state index in [1.165, 1.54) is 0 Å². The van der Waals surface area contributed by atoms with Gasteiger partial charge in [-0.25, -0.2) is 4.79 Å². The standard InChI is InChI=1S/C20H23NO5/c1-4-18(26-15-10-8-9-14(13-15)24-3)19(22)21-17-12-7-6-11-16(17)20(23)25-5-2/h6-13,18H,4-5H2,1-3H3,(H,21,22). The van der Waals surface area contributed by atoms with Crippen LogP contribution in [0.15, 0.2) is 48.5 Å². The second kappa shape index (κ2) is 9.46. The molecule has 0 aliphatic carbocycles. The maximum atomic E-state index is 12.6. The van der Waals surface area contributed by atoms with Crippen LogP contribution in [0.1, 0.15) is 30.6 Å². The van der Waals surface area contributed by atoms with Gasteiger partial charge in [-0.1, -0.05) is 25.1 Å². The summed E-state index contributed by atoms with van der Waals surface area (Å²) in [6.45, 7) is 3.84. The van der Waals surface area contributed by atoms with Crippen LogP contribution in [-0.4, -0.2) is 31.7 Å². The van der Waals surface area contributed by atoms with E-state index >= 15 is 0 Å². The van der Waals surface area contributed by atoms with Crippen molar-refractivity contribution in [2.75, 3.05) is 19.0 Å². The lowest BCUT2D eigenvalue weighted by molar-refractivity contribution is -0.122. The maximum Gasteiger partial charge on any atom is 0.340 e. The number of rotatable bonds is 8. The monoisotopic (exact) mass is 357 g/mol. The number of esters is 1. The lowest BCUT2D eigenvalue weighted by Crippen LogP contribution is -2.33. The van der Waals surface area contributed by atoms with E-state index in [1.54, 1.807) is 62.6 Å². The summed E-state index contributed by atoms with van der Waals surface area (Å²) in [5.41, 5.74) is 0.697. The van der Waals surface area contributed by atoms with Gasteiger partial charge in [0, 0.05) is 6.07 Å². The van der Waals surface area contributed by atoms with Gasteiger partial charge in [0.05, 0.1) is 25.0 Å². The summed E-state index contributed by atoms with van der Waals surface area (Å²) in [4.78, 5) is 24.6. The molecule has 1 amide bonds. The van der Waals surface area contributed by atoms with E-state index < -0.39 is 12.1 Å². The van der Waals surface area contributed by atoms with E-state index in [4.69, 9.17) is 14.2 Å². The fourth-order valence-electron chi connectivity index (χ4n) is 2.35. The predicted molar refractivity (Wildman–Crippen MR) is 98.7 cm³/mol. The molecule has 2 aromatic rings. The Bertz CT molecular complexity index is 759. The highest BCUT2D eigenvalue weighted by Crippen LogP contribution is 2.22. The minimum absolute atomic E-state index is 0.262. The van der Waals surface area contributed by atoms with Crippen molar-refractivity contribution in [3.05, 3.63) is 54.1 Å². The van der Waals surface area contributed by atoms with Crippen LogP contribution in [0.5, 0.6) is 11.5 Å². The molecule has 1 atom stereocenters. The number of anilines is 1. The smallest absolute Gasteiger partial charge is 0.340 e. The molecule has 0 spiro atoms. The van der Waals surface area contributed by atoms with Gasteiger partial charge in [-0.15, -0.1) is 0 Å². The molecule has 0 saturated carbocycles. The molecule has 6 heteroatoms. The summed E-state index contributed by atoms with van der Waals surface area (Å²) >= 11 is 0. The topological polar surface area (TPSA) is 73.9 Å². The molecular formula is C20H23NO5. The van der Waals surface area contributed by atoms with Crippen LogP contribution in [0.2, 0.25) is 0 Å². The highest BCUT2D eigenvalue weighted by atomic mass is 16.5. The van der Waals surface area contributed by atoms with Gasteiger partial charge in [-0.2, -0.15) is 0 Å². The maximum absolute atomic E-state index is 12.6. The van der Waals surface area contributed by atoms with Gasteiger partial charge < -0.3 is 19.5 Å². The van der Waals surface area contributed by atoms with E-state index in [0.717, 1.165) is 0 Å². The Morgan fingerprint density at radius 1 is 1.04 bits per heavy atom. The zero-order valence-electron chi connectivity index (χ0n) is 15.2. The Morgan fingerprint density at radius 2 is 1.77 bits per heavy atom. The molecule has 0 radical (unpaired) electrons. The van der Waals surface area contributed by atoms with Crippen LogP contribution >= 0.6 is 0 Å². The van der Waals surface area contributed by atoms with Crippen molar-refractivity contribution in [1.82, 2.24) is 0 Å². The first-order valence-corrected chi connectivity index (χ1v) is 8.46. The van der Waals surface area contributed by atoms with E-state index in [9.17, 15) is 9.59 Å². The van der Waals surface area contributed by atoms with Gasteiger partial charge in [0.15, 0.2) is 6.10 Å². The highest BCUT2D eigenvalue weighted by Gasteiger charge is 2.21. The first kappa shape index (κ1) is 19.3. The summed E-state index contributed by atoms with van der Waals surface area (Å²) in [5.74, 6) is 0.354. The van der Waals surface area contributed by atoms with Crippen molar-refractivity contribution >= 4 is 17.6 Å². The number of ether oxygens (including phenoxy) is 3. The molecular weight excluding hydrogens is 334 g/mol. The Kier molecular flexibility index (Phi) is 7.02. The third-order valence-electron chi connectivity index (χ3n) is 3.66. The molecule has 2 aromatic carbocycles. The van der Waals surface area contributed by atoms with Crippen LogP contribution in [0.4, 0.5) is 5.69 Å². The fraction of sp³-hybridized carbons (Fsp3) is 0.300. The van der Waals surface area contributed by atoms with Crippen molar-refractivity contribution in [3.8, 4) is 11.5 Å². The summed E-state index contributed by atoms with van der Waals surface area (Å²) in [6, 6.07) is 13.8. The Morgan fingerprint density at radius 3 is 2.46 bits per heavy atom. The molecule has 0 saturated heterocycles. The molecule has 0 aliphatic heterocycles. The van der Waals surface area contributed by atoms with Crippen molar-refractivity contribution in [2.24, 2.45) is 0 Å². The normalized spacial score (nSPS) is 11.3. The third kappa shape index (κ3) is 4.99. The molecule has 138 valence electrons. The number of para-hydroxylation sites is 1. The summed E-state index contributed by atoms with van der Waals surface area (Å²) < 4.78 is 16.0. The Labute approximate surface area is 153 Å². The molecule has 0 heterocycles. The van der Waals surface area contributed by atoms with E-state index in [2.05, 4.69) is 5.32 Å². The van der Waals surface area contributed by atoms with Crippen molar-refractivity contribution < 1.29 is 23.8 Å². The average Bonchev–Trinajstić information content (AvgIpc) is 2.66.